The molecule has 5 heteroatoms. The first kappa shape index (κ1) is 33.8. The standard InChI is InChI=1S/C13H15.C4H9.2ClH.H2N.Si.Ti/c1-3-10-9-11-7-5-6-8-13(11)12(10)4-2;1-4(2)3;;;;;/h5-9H,3-4H2,1-2H3;1-3H3;2*1H;1H2;;/q2*-1;;;-1;;+3/p-2. The molecule has 0 unspecified atom stereocenters. The Kier molecular flexibility index (Phi) is 27.1. The Morgan fingerprint density at radius 1 is 0.955 bits per heavy atom. The molecule has 0 aromatic heterocycles. The molecule has 22 heavy (non-hydrogen) atoms. The molecule has 2 rings (SSSR count). The van der Waals surface area contributed by atoms with Crippen LogP contribution in [0.15, 0.2) is 30.3 Å². The molecule has 0 spiro atoms. The van der Waals surface area contributed by atoms with E-state index in [0.29, 0.717) is 0 Å². The molecule has 0 heterocycles. The number of fused-ring (bicyclic) bond motifs is 1. The molecule has 0 fully saturated rings. The van der Waals surface area contributed by atoms with Crippen molar-refractivity contribution in [2.75, 3.05) is 0 Å². The van der Waals surface area contributed by atoms with Crippen molar-refractivity contribution in [3.05, 3.63) is 53.5 Å². The van der Waals surface area contributed by atoms with E-state index in [2.05, 4.69) is 65.0 Å². The van der Waals surface area contributed by atoms with Gasteiger partial charge in [0, 0.05) is 11.0 Å². The van der Waals surface area contributed by atoms with Crippen molar-refractivity contribution >= 4 is 21.7 Å². The summed E-state index contributed by atoms with van der Waals surface area (Å²) < 4.78 is 0. The summed E-state index contributed by atoms with van der Waals surface area (Å²) >= 11 is 0. The minimum atomic E-state index is 0. The Morgan fingerprint density at radius 2 is 1.41 bits per heavy atom. The molecule has 0 aliphatic heterocycles. The van der Waals surface area contributed by atoms with Crippen LogP contribution >= 0.6 is 0 Å². The van der Waals surface area contributed by atoms with Crippen LogP contribution in [0.2, 0.25) is 0 Å². The summed E-state index contributed by atoms with van der Waals surface area (Å²) in [5.41, 5.74) is 3.06. The van der Waals surface area contributed by atoms with Crippen LogP contribution in [0.3, 0.4) is 0 Å². The van der Waals surface area contributed by atoms with Gasteiger partial charge in [-0.1, -0.05) is 26.3 Å². The van der Waals surface area contributed by atoms with Crippen molar-refractivity contribution in [2.45, 2.75) is 47.5 Å². The molecule has 0 amide bonds. The zero-order valence-corrected chi connectivity index (χ0v) is 18.2. The van der Waals surface area contributed by atoms with Crippen LogP contribution in [-0.4, -0.2) is 11.0 Å². The quantitative estimate of drug-likeness (QED) is 0.496. The van der Waals surface area contributed by atoms with E-state index in [1.165, 1.54) is 27.8 Å². The molecule has 0 aliphatic carbocycles. The molecule has 0 saturated carbocycles. The van der Waals surface area contributed by atoms with Crippen molar-refractivity contribution in [2.24, 2.45) is 0 Å². The molecule has 0 atom stereocenters. The van der Waals surface area contributed by atoms with E-state index in [0.717, 1.165) is 12.8 Å². The Labute approximate surface area is 168 Å². The van der Waals surface area contributed by atoms with Gasteiger partial charge in [0.25, 0.3) is 0 Å². The predicted octanol–water partition coefficient (Wildman–Crippen LogP) is -0.354. The van der Waals surface area contributed by atoms with Crippen LogP contribution in [0, 0.1) is 5.92 Å². The monoisotopic (exact) mass is 390 g/mol. The van der Waals surface area contributed by atoms with Crippen LogP contribution in [-0.2, 0) is 34.6 Å². The summed E-state index contributed by atoms with van der Waals surface area (Å²) in [7, 11) is 0. The number of benzene rings is 1. The Hall–Kier alpha value is 0.301. The smallest absolute Gasteiger partial charge is 1.00 e. The Balaban J connectivity index is -0.0000000976. The number of nitrogens with two attached hydrogens (primary N) is 1. The summed E-state index contributed by atoms with van der Waals surface area (Å²) in [6.07, 6.45) is 2.30. The molecule has 0 saturated heterocycles. The van der Waals surface area contributed by atoms with Crippen LogP contribution in [0.25, 0.3) is 16.9 Å². The van der Waals surface area contributed by atoms with E-state index in [1.807, 2.05) is 0 Å². The third kappa shape index (κ3) is 10.1. The van der Waals surface area contributed by atoms with Crippen molar-refractivity contribution in [3.63, 3.8) is 0 Å². The Morgan fingerprint density at radius 3 is 1.82 bits per heavy atom. The summed E-state index contributed by atoms with van der Waals surface area (Å²) in [6.45, 7) is 10.7. The van der Waals surface area contributed by atoms with Gasteiger partial charge in [-0.3, -0.25) is 0 Å². The fourth-order valence-electron chi connectivity index (χ4n) is 2.08. The molecule has 2 aromatic carbocycles. The summed E-state index contributed by atoms with van der Waals surface area (Å²) in [6, 6.07) is 11.0. The molecule has 2 aromatic rings. The average molecular weight is 391 g/mol. The number of hydrogen-bond donors (Lipinski definition) is 0. The first-order valence-corrected chi connectivity index (χ1v) is 6.53. The van der Waals surface area contributed by atoms with E-state index in [9.17, 15) is 0 Å². The van der Waals surface area contributed by atoms with E-state index in [4.69, 9.17) is 0 Å². The predicted molar refractivity (Wildman–Crippen MR) is 89.6 cm³/mol. The minimum absolute atomic E-state index is 0. The van der Waals surface area contributed by atoms with E-state index in [-0.39, 0.29) is 63.6 Å². The van der Waals surface area contributed by atoms with Gasteiger partial charge in [0.05, 0.1) is 0 Å². The van der Waals surface area contributed by atoms with Crippen LogP contribution < -0.4 is 24.8 Å². The molecule has 0 bridgehead atoms. The molecular formula is C17H26Cl2NSiTi-2. The zero-order chi connectivity index (χ0) is 12.8. The molecule has 1 nitrogen and oxygen atoms in total. The van der Waals surface area contributed by atoms with Crippen molar-refractivity contribution in [1.29, 1.82) is 0 Å². The third-order valence-corrected chi connectivity index (χ3v) is 2.74. The fourth-order valence-corrected chi connectivity index (χ4v) is 2.08. The van der Waals surface area contributed by atoms with Gasteiger partial charge >= 0.3 is 21.7 Å². The van der Waals surface area contributed by atoms with Crippen molar-refractivity contribution < 1.29 is 46.5 Å². The van der Waals surface area contributed by atoms with Crippen LogP contribution in [0.4, 0.5) is 0 Å². The molecule has 123 valence electrons. The van der Waals surface area contributed by atoms with Crippen molar-refractivity contribution in [1.82, 2.24) is 0 Å². The second-order valence-electron chi connectivity index (χ2n) is 4.94. The summed E-state index contributed by atoms with van der Waals surface area (Å²) in [4.78, 5) is 0. The number of hydrogen-bond acceptors (Lipinski definition) is 0. The van der Waals surface area contributed by atoms with E-state index < -0.39 is 0 Å². The van der Waals surface area contributed by atoms with Gasteiger partial charge in [0.1, 0.15) is 0 Å². The second kappa shape index (κ2) is 17.7. The van der Waals surface area contributed by atoms with E-state index >= 15 is 0 Å². The first-order valence-electron chi connectivity index (χ1n) is 6.53. The topological polar surface area (TPSA) is 33.5 Å². The van der Waals surface area contributed by atoms with Gasteiger partial charge in [-0.2, -0.15) is 26.3 Å². The van der Waals surface area contributed by atoms with Crippen LogP contribution in [0.1, 0.15) is 45.7 Å². The largest absolute Gasteiger partial charge is 3.00 e. The fraction of sp³-hybridized carbons (Fsp3) is 0.412. The SMILES string of the molecule is CCc1[cH-]c2ccccc2c1CC.C[C-](C)C.[Cl-].[Cl-].[NH2-].[Si].[Ti+3]. The molecular weight excluding hydrogens is 365 g/mol. The first-order chi connectivity index (χ1) is 8.10. The maximum Gasteiger partial charge on any atom is 3.00 e. The summed E-state index contributed by atoms with van der Waals surface area (Å²) in [5.74, 6) is 1.42. The van der Waals surface area contributed by atoms with Crippen LogP contribution in [0.5, 0.6) is 0 Å². The van der Waals surface area contributed by atoms with Crippen molar-refractivity contribution in [3.8, 4) is 0 Å². The zero-order valence-electron chi connectivity index (χ0n) is 14.1. The number of halogens is 2. The molecule has 2 N–H and O–H groups in total. The van der Waals surface area contributed by atoms with Gasteiger partial charge in [-0.15, -0.1) is 40.6 Å². The third-order valence-electron chi connectivity index (χ3n) is 2.74. The maximum atomic E-state index is 2.33. The number of aryl methyl sites for hydroxylation is 2. The minimum Gasteiger partial charge on any atom is -1.00 e. The van der Waals surface area contributed by atoms with Gasteiger partial charge in [-0.25, -0.2) is 0 Å². The Bertz CT molecular complexity index is 470. The average Bonchev–Trinajstić information content (AvgIpc) is 2.65. The summed E-state index contributed by atoms with van der Waals surface area (Å²) in [5, 5.41) is 2.85. The molecule has 5 radical (unpaired) electrons. The van der Waals surface area contributed by atoms with Gasteiger partial charge in [0.2, 0.25) is 0 Å². The van der Waals surface area contributed by atoms with Gasteiger partial charge in [-0.05, 0) is 6.42 Å². The molecule has 0 aliphatic rings. The van der Waals surface area contributed by atoms with E-state index in [1.54, 1.807) is 0 Å². The van der Waals surface area contributed by atoms with Gasteiger partial charge in [0.15, 0.2) is 0 Å². The second-order valence-corrected chi connectivity index (χ2v) is 4.94. The van der Waals surface area contributed by atoms with Gasteiger partial charge < -0.3 is 36.9 Å². The maximum absolute atomic E-state index is 2.33. The normalized spacial score (nSPS) is 8.09. The number of rotatable bonds is 2.